The standard InChI is InChI=1S/C27H28N2O2.C2H2O4/c30-25-16-26(27(20-7-3-1-4-8-20)21-9-5-2-6-10-21)31-18-24(25)29-17-19-11-12-23-22(15-19)13-14-28-23;3-1(4)2(5)6/h1-15,24-30H,16-18H2;(H,3,4)(H,5,6)/t24-,25-,26+;/m1./s1. The third kappa shape index (κ3) is 6.83. The highest BCUT2D eigenvalue weighted by Gasteiger charge is 2.35. The highest BCUT2D eigenvalue weighted by molar-refractivity contribution is 6.27. The first-order valence-corrected chi connectivity index (χ1v) is 12.1. The van der Waals surface area contributed by atoms with E-state index in [0.717, 1.165) is 5.52 Å². The molecule has 1 aliphatic rings. The first kappa shape index (κ1) is 26.1. The summed E-state index contributed by atoms with van der Waals surface area (Å²) >= 11 is 0. The summed E-state index contributed by atoms with van der Waals surface area (Å²) in [6, 6.07) is 29.3. The average Bonchev–Trinajstić information content (AvgIpc) is 3.38. The van der Waals surface area contributed by atoms with Crippen LogP contribution in [-0.4, -0.2) is 57.1 Å². The molecule has 1 aliphatic heterocycles. The number of H-pyrrole nitrogens is 1. The summed E-state index contributed by atoms with van der Waals surface area (Å²) in [5.41, 5.74) is 4.78. The van der Waals surface area contributed by atoms with Gasteiger partial charge in [0.2, 0.25) is 0 Å². The van der Waals surface area contributed by atoms with Crippen LogP contribution in [0.4, 0.5) is 0 Å². The molecular formula is C29H30N2O6. The van der Waals surface area contributed by atoms with E-state index in [-0.39, 0.29) is 18.1 Å². The largest absolute Gasteiger partial charge is 0.473 e. The topological polar surface area (TPSA) is 132 Å². The van der Waals surface area contributed by atoms with E-state index in [0.29, 0.717) is 19.6 Å². The third-order valence-corrected chi connectivity index (χ3v) is 6.49. The first-order valence-electron chi connectivity index (χ1n) is 12.1. The van der Waals surface area contributed by atoms with E-state index in [1.165, 1.54) is 22.1 Å². The zero-order valence-electron chi connectivity index (χ0n) is 20.2. The summed E-state index contributed by atoms with van der Waals surface area (Å²) in [7, 11) is 0. The van der Waals surface area contributed by atoms with E-state index in [2.05, 4.69) is 83.1 Å². The molecule has 1 aromatic heterocycles. The maximum Gasteiger partial charge on any atom is 0.414 e. The Morgan fingerprint density at radius 2 is 1.54 bits per heavy atom. The minimum absolute atomic E-state index is 0.0611. The Kier molecular flexibility index (Phi) is 8.68. The molecule has 0 aliphatic carbocycles. The number of aliphatic hydroxyl groups is 1. The van der Waals surface area contributed by atoms with Crippen LogP contribution in [0.1, 0.15) is 29.0 Å². The fraction of sp³-hybridized carbons (Fsp3) is 0.241. The van der Waals surface area contributed by atoms with Crippen LogP contribution in [0.15, 0.2) is 91.1 Å². The molecule has 3 aromatic carbocycles. The molecule has 0 amide bonds. The second-order valence-corrected chi connectivity index (χ2v) is 8.97. The number of rotatable bonds is 6. The monoisotopic (exact) mass is 502 g/mol. The highest BCUT2D eigenvalue weighted by Crippen LogP contribution is 2.34. The number of hydrogen-bond acceptors (Lipinski definition) is 5. The van der Waals surface area contributed by atoms with Gasteiger partial charge < -0.3 is 30.4 Å². The zero-order valence-corrected chi connectivity index (χ0v) is 20.2. The van der Waals surface area contributed by atoms with Gasteiger partial charge in [0, 0.05) is 30.6 Å². The number of benzene rings is 3. The Hall–Kier alpha value is -3.98. The second kappa shape index (κ2) is 12.3. The lowest BCUT2D eigenvalue weighted by Gasteiger charge is -2.38. The molecular weight excluding hydrogens is 472 g/mol. The van der Waals surface area contributed by atoms with Gasteiger partial charge in [0.05, 0.1) is 24.9 Å². The molecule has 2 heterocycles. The Balaban J connectivity index is 0.000000480. The van der Waals surface area contributed by atoms with Crippen LogP contribution in [0, 0.1) is 0 Å². The van der Waals surface area contributed by atoms with E-state index in [1.807, 2.05) is 18.3 Å². The van der Waals surface area contributed by atoms with Gasteiger partial charge in [0.15, 0.2) is 0 Å². The SMILES string of the molecule is O=C(O)C(=O)O.O[C@@H]1C[C@@H](C(c2ccccc2)c2ccccc2)OC[C@H]1NCc1ccc2[nH]ccc2c1. The van der Waals surface area contributed by atoms with Gasteiger partial charge in [0.1, 0.15) is 0 Å². The Labute approximate surface area is 214 Å². The quantitative estimate of drug-likeness (QED) is 0.254. The zero-order chi connectivity index (χ0) is 26.2. The average molecular weight is 503 g/mol. The minimum Gasteiger partial charge on any atom is -0.473 e. The molecule has 0 spiro atoms. The fourth-order valence-electron chi connectivity index (χ4n) is 4.64. The molecule has 5 N–H and O–H groups in total. The van der Waals surface area contributed by atoms with Gasteiger partial charge in [-0.15, -0.1) is 0 Å². The third-order valence-electron chi connectivity index (χ3n) is 6.49. The van der Waals surface area contributed by atoms with Gasteiger partial charge in [-0.1, -0.05) is 66.7 Å². The van der Waals surface area contributed by atoms with Crippen molar-refractivity contribution in [2.75, 3.05) is 6.61 Å². The second-order valence-electron chi connectivity index (χ2n) is 8.97. The van der Waals surface area contributed by atoms with Crippen LogP contribution >= 0.6 is 0 Å². The predicted octanol–water partition coefficient (Wildman–Crippen LogP) is 3.76. The maximum atomic E-state index is 11.0. The van der Waals surface area contributed by atoms with Crippen LogP contribution in [0.3, 0.4) is 0 Å². The lowest BCUT2D eigenvalue weighted by molar-refractivity contribution is -0.159. The summed E-state index contributed by atoms with van der Waals surface area (Å²) < 4.78 is 6.35. The van der Waals surface area contributed by atoms with Crippen molar-refractivity contribution in [2.45, 2.75) is 37.1 Å². The molecule has 8 heteroatoms. The molecule has 8 nitrogen and oxygen atoms in total. The fourth-order valence-corrected chi connectivity index (χ4v) is 4.64. The van der Waals surface area contributed by atoms with Crippen LogP contribution in [0.2, 0.25) is 0 Å². The van der Waals surface area contributed by atoms with E-state index >= 15 is 0 Å². The molecule has 0 unspecified atom stereocenters. The normalized spacial score (nSPS) is 19.2. The van der Waals surface area contributed by atoms with Gasteiger partial charge in [-0.2, -0.15) is 0 Å². The van der Waals surface area contributed by atoms with Crippen LogP contribution in [-0.2, 0) is 20.9 Å². The molecule has 5 rings (SSSR count). The van der Waals surface area contributed by atoms with Crippen molar-refractivity contribution < 1.29 is 29.6 Å². The van der Waals surface area contributed by atoms with E-state index in [4.69, 9.17) is 24.5 Å². The number of aromatic amines is 1. The number of nitrogens with one attached hydrogen (secondary N) is 2. The number of carboxylic acids is 2. The smallest absolute Gasteiger partial charge is 0.414 e. The molecule has 1 saturated heterocycles. The van der Waals surface area contributed by atoms with Crippen molar-refractivity contribution in [3.8, 4) is 0 Å². The van der Waals surface area contributed by atoms with Gasteiger partial charge in [-0.3, -0.25) is 0 Å². The van der Waals surface area contributed by atoms with Gasteiger partial charge in [0.25, 0.3) is 0 Å². The van der Waals surface area contributed by atoms with Crippen molar-refractivity contribution in [3.05, 3.63) is 108 Å². The van der Waals surface area contributed by atoms with Crippen molar-refractivity contribution >= 4 is 22.8 Å². The van der Waals surface area contributed by atoms with Crippen molar-refractivity contribution in [2.24, 2.45) is 0 Å². The lowest BCUT2D eigenvalue weighted by atomic mass is 9.82. The Morgan fingerprint density at radius 3 is 2.11 bits per heavy atom. The molecule has 192 valence electrons. The Morgan fingerprint density at radius 1 is 0.919 bits per heavy atom. The number of aromatic nitrogens is 1. The predicted molar refractivity (Wildman–Crippen MR) is 139 cm³/mol. The molecule has 0 bridgehead atoms. The van der Waals surface area contributed by atoms with E-state index in [1.54, 1.807) is 0 Å². The van der Waals surface area contributed by atoms with Gasteiger partial charge in [-0.05, 0) is 40.3 Å². The van der Waals surface area contributed by atoms with Crippen LogP contribution < -0.4 is 5.32 Å². The highest BCUT2D eigenvalue weighted by atomic mass is 16.5. The number of fused-ring (bicyclic) bond motifs is 1. The van der Waals surface area contributed by atoms with E-state index in [9.17, 15) is 5.11 Å². The number of aliphatic hydroxyl groups excluding tert-OH is 1. The molecule has 37 heavy (non-hydrogen) atoms. The summed E-state index contributed by atoms with van der Waals surface area (Å²) in [4.78, 5) is 21.4. The first-order chi connectivity index (χ1) is 17.9. The number of aliphatic carboxylic acids is 2. The summed E-state index contributed by atoms with van der Waals surface area (Å²) in [5.74, 6) is -3.54. The minimum atomic E-state index is -1.82. The van der Waals surface area contributed by atoms with Crippen molar-refractivity contribution in [1.29, 1.82) is 0 Å². The van der Waals surface area contributed by atoms with Crippen molar-refractivity contribution in [1.82, 2.24) is 10.3 Å². The maximum absolute atomic E-state index is 11.0. The molecule has 0 saturated carbocycles. The van der Waals surface area contributed by atoms with Crippen LogP contribution in [0.5, 0.6) is 0 Å². The summed E-state index contributed by atoms with van der Waals surface area (Å²) in [6.07, 6.45) is 2.04. The molecule has 1 fully saturated rings. The van der Waals surface area contributed by atoms with Crippen molar-refractivity contribution in [3.63, 3.8) is 0 Å². The molecule has 0 radical (unpaired) electrons. The van der Waals surface area contributed by atoms with Crippen LogP contribution in [0.25, 0.3) is 10.9 Å². The summed E-state index contributed by atoms with van der Waals surface area (Å²) in [6.45, 7) is 1.20. The van der Waals surface area contributed by atoms with Gasteiger partial charge >= 0.3 is 11.9 Å². The number of hydrogen-bond donors (Lipinski definition) is 5. The number of carbonyl (C=O) groups is 2. The number of ether oxygens (including phenoxy) is 1. The molecule has 4 aromatic rings. The summed E-state index contributed by atoms with van der Waals surface area (Å²) in [5, 5.41) is 30.4. The Bertz CT molecular complexity index is 1260. The van der Waals surface area contributed by atoms with E-state index < -0.39 is 18.0 Å². The number of carboxylic acid groups (broad SMARTS) is 2. The molecule has 3 atom stereocenters. The lowest BCUT2D eigenvalue weighted by Crippen LogP contribution is -2.50. The van der Waals surface area contributed by atoms with Gasteiger partial charge in [-0.25, -0.2) is 9.59 Å².